The van der Waals surface area contributed by atoms with Crippen molar-refractivity contribution in [1.82, 2.24) is 0 Å². The van der Waals surface area contributed by atoms with Gasteiger partial charge in [0.1, 0.15) is 0 Å². The molecule has 0 atom stereocenters. The average Bonchev–Trinajstić information content (AvgIpc) is 3.07. The molecular weight excluding hydrogens is 607 g/mol. The van der Waals surface area contributed by atoms with E-state index >= 15 is 0 Å². The summed E-state index contributed by atoms with van der Waals surface area (Å²) in [5.41, 5.74) is 5.30. The Morgan fingerprint density at radius 2 is 1.31 bits per heavy atom. The van der Waals surface area contributed by atoms with E-state index < -0.39 is 0 Å². The van der Waals surface area contributed by atoms with Crippen LogP contribution in [0.15, 0.2) is 18.2 Å². The van der Waals surface area contributed by atoms with Crippen LogP contribution in [-0.2, 0) is 22.4 Å². The van der Waals surface area contributed by atoms with Crippen molar-refractivity contribution in [3.63, 3.8) is 0 Å². The van der Waals surface area contributed by atoms with Crippen LogP contribution in [0.4, 0.5) is 5.69 Å². The Hall–Kier alpha value is -0.680. The summed E-state index contributed by atoms with van der Waals surface area (Å²) in [6.07, 6.45) is 10.9. The molecule has 5 fully saturated rings. The molecule has 0 aromatic heterocycles. The quantitative estimate of drug-likeness (QED) is 0.178. The summed E-state index contributed by atoms with van der Waals surface area (Å²) in [7, 11) is 0. The molecule has 0 unspecified atom stereocenters. The summed E-state index contributed by atoms with van der Waals surface area (Å²) in [6.45, 7) is 21.4. The van der Waals surface area contributed by atoms with Crippen LogP contribution in [-0.4, -0.2) is 5.54 Å². The fourth-order valence-corrected chi connectivity index (χ4v) is 8.26. The molecule has 1 heterocycles. The first-order valence-corrected chi connectivity index (χ1v) is 14.4. The molecule has 1 spiro atoms. The van der Waals surface area contributed by atoms with Crippen LogP contribution in [0.5, 0.6) is 0 Å². The molecule has 0 N–H and O–H groups in total. The summed E-state index contributed by atoms with van der Waals surface area (Å²) in [4.78, 5) is 2.78. The van der Waals surface area contributed by atoms with Crippen LogP contribution in [0.25, 0.3) is 0 Å². The minimum atomic E-state index is 0. The number of nitrogens with zero attached hydrogens (tertiary/aromatic N) is 1. The van der Waals surface area contributed by atoms with Crippen LogP contribution in [0.1, 0.15) is 130 Å². The van der Waals surface area contributed by atoms with Crippen LogP contribution in [0.3, 0.4) is 0 Å². The van der Waals surface area contributed by atoms with Crippen molar-refractivity contribution in [3.8, 4) is 11.8 Å². The SMILES string of the molecule is CC(C)c1cccc(C(C)C)c1N1[CH-]C2(CC1(C)C)C1CC3CC(C1)CC2C3.CCC#CCC.[Au+]. The minimum Gasteiger partial charge on any atom is -0.517 e. The van der Waals surface area contributed by atoms with Gasteiger partial charge in [0.15, 0.2) is 0 Å². The molecule has 2 heteroatoms. The van der Waals surface area contributed by atoms with E-state index in [1.54, 1.807) is 12.1 Å². The van der Waals surface area contributed by atoms with E-state index in [2.05, 4.69) is 96.9 Å². The zero-order valence-corrected chi connectivity index (χ0v) is 25.8. The maximum atomic E-state index is 2.95. The number of benzene rings is 1. The molecule has 198 valence electrons. The van der Waals surface area contributed by atoms with E-state index in [-0.39, 0.29) is 27.9 Å². The normalized spacial score (nSPS) is 31.8. The summed E-state index contributed by atoms with van der Waals surface area (Å²) in [5, 5.41) is 0. The number of anilines is 1. The monoisotopic (exact) mass is 657 g/mol. The third-order valence-electron chi connectivity index (χ3n) is 9.48. The molecule has 1 aromatic carbocycles. The molecule has 1 nitrogen and oxygen atoms in total. The van der Waals surface area contributed by atoms with Gasteiger partial charge >= 0.3 is 22.4 Å². The van der Waals surface area contributed by atoms with Gasteiger partial charge in [0.2, 0.25) is 0 Å². The smallest absolute Gasteiger partial charge is 0.517 e. The summed E-state index contributed by atoms with van der Waals surface area (Å²) >= 11 is 0. The van der Waals surface area contributed by atoms with Gasteiger partial charge in [0.05, 0.1) is 0 Å². The van der Waals surface area contributed by atoms with E-state index in [1.165, 1.54) is 43.2 Å². The van der Waals surface area contributed by atoms with Gasteiger partial charge in [-0.2, -0.15) is 0 Å². The van der Waals surface area contributed by atoms with Crippen LogP contribution >= 0.6 is 0 Å². The Balaban J connectivity index is 0.000000439. The predicted molar refractivity (Wildman–Crippen MR) is 148 cm³/mol. The van der Waals surface area contributed by atoms with Gasteiger partial charge in [-0.25, -0.2) is 6.54 Å². The molecule has 1 aliphatic heterocycles. The third kappa shape index (κ3) is 5.47. The fourth-order valence-electron chi connectivity index (χ4n) is 8.26. The van der Waals surface area contributed by atoms with Crippen molar-refractivity contribution >= 4 is 5.69 Å². The number of hydrogen-bond donors (Lipinski definition) is 0. The zero-order valence-electron chi connectivity index (χ0n) is 23.7. The Bertz CT molecular complexity index is 853. The molecule has 4 aliphatic carbocycles. The van der Waals surface area contributed by atoms with Crippen molar-refractivity contribution in [3.05, 3.63) is 35.9 Å². The van der Waals surface area contributed by atoms with Gasteiger partial charge in [-0.1, -0.05) is 78.0 Å². The van der Waals surface area contributed by atoms with Crippen LogP contribution in [0, 0.1) is 47.5 Å². The van der Waals surface area contributed by atoms with Crippen molar-refractivity contribution in [2.75, 3.05) is 4.90 Å². The molecule has 5 aliphatic rings. The first-order valence-electron chi connectivity index (χ1n) is 14.4. The predicted octanol–water partition coefficient (Wildman–Crippen LogP) is 9.33. The number of para-hydroxylation sites is 1. The van der Waals surface area contributed by atoms with E-state index in [9.17, 15) is 0 Å². The molecular formula is C33H50AuN. The molecule has 0 radical (unpaired) electrons. The van der Waals surface area contributed by atoms with Crippen LogP contribution in [0.2, 0.25) is 0 Å². The number of hydrogen-bond acceptors (Lipinski definition) is 1. The average molecular weight is 658 g/mol. The van der Waals surface area contributed by atoms with Gasteiger partial charge in [0.25, 0.3) is 0 Å². The standard InChI is InChI=1S/C27H40N.C6H10.Au/c1-17(2)23-8-7-9-24(18(3)4)25(23)28-16-27(15-26(28,5)6)21-11-19-10-20(13-21)14-22(27)12-19;1-3-5-6-4-2;/h7-9,16-22H,10-15H2,1-6H3;3-4H2,1-2H3;/q-1;;+1. The van der Waals surface area contributed by atoms with Crippen molar-refractivity contribution in [1.29, 1.82) is 0 Å². The Morgan fingerprint density at radius 1 is 0.857 bits per heavy atom. The molecule has 6 rings (SSSR count). The van der Waals surface area contributed by atoms with Gasteiger partial charge in [0, 0.05) is 24.1 Å². The molecule has 1 aromatic rings. The Kier molecular flexibility index (Phi) is 9.39. The van der Waals surface area contributed by atoms with Gasteiger partial charge < -0.3 is 4.90 Å². The first kappa shape index (κ1) is 28.9. The second kappa shape index (κ2) is 11.4. The maximum Gasteiger partial charge on any atom is 1.00 e. The second-order valence-corrected chi connectivity index (χ2v) is 13.1. The first-order chi connectivity index (χ1) is 16.1. The Morgan fingerprint density at radius 3 is 1.71 bits per heavy atom. The van der Waals surface area contributed by atoms with Crippen LogP contribution < -0.4 is 4.90 Å². The van der Waals surface area contributed by atoms with E-state index in [0.29, 0.717) is 17.3 Å². The Labute approximate surface area is 233 Å². The summed E-state index contributed by atoms with van der Waals surface area (Å²) in [6, 6.07) is 7.06. The van der Waals surface area contributed by atoms with Gasteiger partial charge in [-0.3, -0.25) is 0 Å². The molecule has 35 heavy (non-hydrogen) atoms. The molecule has 4 saturated carbocycles. The van der Waals surface area contributed by atoms with E-state index in [1.807, 2.05) is 0 Å². The third-order valence-corrected chi connectivity index (χ3v) is 9.48. The zero-order chi connectivity index (χ0) is 24.7. The van der Waals surface area contributed by atoms with E-state index in [4.69, 9.17) is 0 Å². The molecule has 0 amide bonds. The van der Waals surface area contributed by atoms with E-state index in [0.717, 1.165) is 36.5 Å². The minimum absolute atomic E-state index is 0. The largest absolute Gasteiger partial charge is 1.00 e. The van der Waals surface area contributed by atoms with Crippen molar-refractivity contribution in [2.45, 2.75) is 124 Å². The fraction of sp³-hybridized carbons (Fsp3) is 0.727. The van der Waals surface area contributed by atoms with Gasteiger partial charge in [-0.05, 0) is 80.8 Å². The topological polar surface area (TPSA) is 3.24 Å². The van der Waals surface area contributed by atoms with Crippen molar-refractivity contribution < 1.29 is 22.4 Å². The maximum absolute atomic E-state index is 2.95. The van der Waals surface area contributed by atoms with Gasteiger partial charge in [-0.15, -0.1) is 17.3 Å². The summed E-state index contributed by atoms with van der Waals surface area (Å²) in [5.74, 6) is 11.0. The second-order valence-electron chi connectivity index (χ2n) is 13.1. The molecule has 1 saturated heterocycles. The molecule has 4 bridgehead atoms. The summed E-state index contributed by atoms with van der Waals surface area (Å²) < 4.78 is 0. The van der Waals surface area contributed by atoms with Crippen molar-refractivity contribution in [2.24, 2.45) is 29.1 Å². The number of rotatable bonds is 3.